The Morgan fingerprint density at radius 2 is 1.54 bits per heavy atom. The van der Waals surface area contributed by atoms with Crippen LogP contribution in [0.5, 0.6) is 0 Å². The van der Waals surface area contributed by atoms with Crippen LogP contribution < -0.4 is 0 Å². The summed E-state index contributed by atoms with van der Waals surface area (Å²) in [5.74, 6) is 0. The molecule has 26 heavy (non-hydrogen) atoms. The minimum absolute atomic E-state index is 0.417. The van der Waals surface area contributed by atoms with E-state index in [0.29, 0.717) is 38.0 Å². The summed E-state index contributed by atoms with van der Waals surface area (Å²) in [6, 6.07) is 14.1. The summed E-state index contributed by atoms with van der Waals surface area (Å²) < 4.78 is 38.0. The molecule has 0 saturated carbocycles. The number of hydrogen-bond donors (Lipinski definition) is 2. The first kappa shape index (κ1) is 18.9. The van der Waals surface area contributed by atoms with Crippen molar-refractivity contribution in [1.82, 2.24) is 4.90 Å². The summed E-state index contributed by atoms with van der Waals surface area (Å²) in [7, 11) is 0. The van der Waals surface area contributed by atoms with Gasteiger partial charge in [-0.3, -0.25) is 0 Å². The van der Waals surface area contributed by atoms with Gasteiger partial charge in [-0.25, -0.2) is 0 Å². The van der Waals surface area contributed by atoms with Gasteiger partial charge >= 0.3 is 6.18 Å². The number of halogens is 3. The molecule has 3 rings (SSSR count). The fraction of sp³-hybridized carbons (Fsp3) is 0.400. The normalized spacial score (nSPS) is 19.3. The molecule has 0 radical (unpaired) electrons. The molecule has 1 aliphatic rings. The monoisotopic (exact) mass is 365 g/mol. The predicted octanol–water partition coefficient (Wildman–Crippen LogP) is 3.72. The summed E-state index contributed by atoms with van der Waals surface area (Å²) >= 11 is 0. The Labute approximate surface area is 150 Å². The lowest BCUT2D eigenvalue weighted by Gasteiger charge is -2.39. The third-order valence-electron chi connectivity index (χ3n) is 5.05. The van der Waals surface area contributed by atoms with Gasteiger partial charge in [0.15, 0.2) is 0 Å². The fourth-order valence-electron chi connectivity index (χ4n) is 3.39. The molecule has 1 saturated heterocycles. The van der Waals surface area contributed by atoms with E-state index in [2.05, 4.69) is 4.90 Å². The number of nitrogens with zero attached hydrogens (tertiary/aromatic N) is 1. The predicted molar refractivity (Wildman–Crippen MR) is 92.4 cm³/mol. The van der Waals surface area contributed by atoms with Crippen molar-refractivity contribution in [3.05, 3.63) is 71.3 Å². The summed E-state index contributed by atoms with van der Waals surface area (Å²) in [5, 5.41) is 21.2. The first-order valence-corrected chi connectivity index (χ1v) is 8.63. The average Bonchev–Trinajstić information content (AvgIpc) is 2.64. The number of aliphatic hydroxyl groups excluding tert-OH is 1. The molecule has 0 unspecified atom stereocenters. The van der Waals surface area contributed by atoms with Crippen molar-refractivity contribution in [1.29, 1.82) is 0 Å². The van der Waals surface area contributed by atoms with E-state index in [1.54, 1.807) is 0 Å². The van der Waals surface area contributed by atoms with E-state index < -0.39 is 23.4 Å². The van der Waals surface area contributed by atoms with Crippen molar-refractivity contribution in [3.63, 3.8) is 0 Å². The van der Waals surface area contributed by atoms with E-state index in [0.717, 1.165) is 17.7 Å². The Kier molecular flexibility index (Phi) is 5.37. The second-order valence-corrected chi connectivity index (χ2v) is 6.83. The number of alkyl halides is 3. The Morgan fingerprint density at radius 3 is 2.08 bits per heavy atom. The van der Waals surface area contributed by atoms with Crippen LogP contribution in [-0.2, 0) is 11.8 Å². The van der Waals surface area contributed by atoms with Gasteiger partial charge in [0.2, 0.25) is 0 Å². The highest BCUT2D eigenvalue weighted by Crippen LogP contribution is 2.35. The van der Waals surface area contributed by atoms with E-state index >= 15 is 0 Å². The van der Waals surface area contributed by atoms with Crippen LogP contribution in [0, 0.1) is 0 Å². The minimum Gasteiger partial charge on any atom is -0.387 e. The molecule has 0 aromatic heterocycles. The van der Waals surface area contributed by atoms with Gasteiger partial charge < -0.3 is 15.1 Å². The van der Waals surface area contributed by atoms with Crippen LogP contribution in [0.1, 0.15) is 35.6 Å². The Balaban J connectivity index is 1.60. The van der Waals surface area contributed by atoms with Crippen LogP contribution in [-0.4, -0.2) is 34.7 Å². The number of likely N-dealkylation sites (tertiary alicyclic amines) is 1. The molecule has 2 N–H and O–H groups in total. The van der Waals surface area contributed by atoms with Crippen molar-refractivity contribution in [2.24, 2.45) is 0 Å². The number of hydrogen-bond acceptors (Lipinski definition) is 3. The fourth-order valence-corrected chi connectivity index (χ4v) is 3.39. The van der Waals surface area contributed by atoms with Crippen molar-refractivity contribution in [3.8, 4) is 0 Å². The lowest BCUT2D eigenvalue weighted by molar-refractivity contribution is -0.137. The maximum atomic E-state index is 12.7. The molecule has 0 bridgehead atoms. The zero-order chi connectivity index (χ0) is 18.8. The van der Waals surface area contributed by atoms with Crippen LogP contribution >= 0.6 is 0 Å². The third-order valence-corrected chi connectivity index (χ3v) is 5.05. The van der Waals surface area contributed by atoms with Crippen LogP contribution in [0.25, 0.3) is 0 Å². The lowest BCUT2D eigenvalue weighted by atomic mass is 9.84. The highest BCUT2D eigenvalue weighted by atomic mass is 19.4. The molecule has 1 fully saturated rings. The van der Waals surface area contributed by atoms with Crippen LogP contribution in [0.15, 0.2) is 54.6 Å². The maximum absolute atomic E-state index is 12.7. The molecule has 140 valence electrons. The summed E-state index contributed by atoms with van der Waals surface area (Å²) in [4.78, 5) is 2.07. The molecule has 0 aliphatic carbocycles. The molecule has 3 nitrogen and oxygen atoms in total. The molecule has 2 aromatic rings. The van der Waals surface area contributed by atoms with Gasteiger partial charge in [0, 0.05) is 19.6 Å². The Bertz CT molecular complexity index is 708. The molecule has 0 amide bonds. The number of benzene rings is 2. The quantitative estimate of drug-likeness (QED) is 0.868. The molecular formula is C20H22F3NO2. The lowest BCUT2D eigenvalue weighted by Crippen LogP contribution is -2.44. The second kappa shape index (κ2) is 7.39. The van der Waals surface area contributed by atoms with Gasteiger partial charge in [-0.1, -0.05) is 42.5 Å². The number of rotatable bonds is 4. The SMILES string of the molecule is O[C@@H](CN1CCC(O)(c2ccc(C(F)(F)F)cc2)CC1)c1ccccc1. The van der Waals surface area contributed by atoms with Crippen LogP contribution in [0.3, 0.4) is 0 Å². The maximum Gasteiger partial charge on any atom is 0.416 e. The molecule has 6 heteroatoms. The molecular weight excluding hydrogens is 343 g/mol. The van der Waals surface area contributed by atoms with Gasteiger partial charge in [-0.05, 0) is 36.1 Å². The third kappa shape index (κ3) is 4.26. The van der Waals surface area contributed by atoms with Crippen molar-refractivity contribution in [2.45, 2.75) is 30.7 Å². The molecule has 1 atom stereocenters. The minimum atomic E-state index is -4.38. The summed E-state index contributed by atoms with van der Waals surface area (Å²) in [6.07, 6.45) is -4.15. The van der Waals surface area contributed by atoms with Crippen molar-refractivity contribution in [2.75, 3.05) is 19.6 Å². The molecule has 1 aliphatic heterocycles. The largest absolute Gasteiger partial charge is 0.416 e. The van der Waals surface area contributed by atoms with E-state index in [1.165, 1.54) is 12.1 Å². The van der Waals surface area contributed by atoms with Crippen LogP contribution in [0.4, 0.5) is 13.2 Å². The van der Waals surface area contributed by atoms with Gasteiger partial charge in [-0.2, -0.15) is 13.2 Å². The smallest absolute Gasteiger partial charge is 0.387 e. The topological polar surface area (TPSA) is 43.7 Å². The van der Waals surface area contributed by atoms with E-state index in [4.69, 9.17) is 0 Å². The molecule has 2 aromatic carbocycles. The van der Waals surface area contributed by atoms with Gasteiger partial charge in [0.25, 0.3) is 0 Å². The van der Waals surface area contributed by atoms with E-state index in [1.807, 2.05) is 30.3 Å². The van der Waals surface area contributed by atoms with E-state index in [-0.39, 0.29) is 0 Å². The van der Waals surface area contributed by atoms with Gasteiger partial charge in [0.1, 0.15) is 0 Å². The Hall–Kier alpha value is -1.89. The number of aliphatic hydroxyl groups is 2. The zero-order valence-electron chi connectivity index (χ0n) is 14.3. The first-order chi connectivity index (χ1) is 12.3. The molecule has 0 spiro atoms. The first-order valence-electron chi connectivity index (χ1n) is 8.63. The molecule has 1 heterocycles. The Morgan fingerprint density at radius 1 is 0.962 bits per heavy atom. The van der Waals surface area contributed by atoms with Crippen molar-refractivity contribution < 1.29 is 23.4 Å². The summed E-state index contributed by atoms with van der Waals surface area (Å²) in [5.41, 5.74) is -0.490. The highest BCUT2D eigenvalue weighted by Gasteiger charge is 2.36. The van der Waals surface area contributed by atoms with Crippen LogP contribution in [0.2, 0.25) is 0 Å². The van der Waals surface area contributed by atoms with E-state index in [9.17, 15) is 23.4 Å². The van der Waals surface area contributed by atoms with Gasteiger partial charge in [-0.15, -0.1) is 0 Å². The highest BCUT2D eigenvalue weighted by molar-refractivity contribution is 5.29. The summed E-state index contributed by atoms with van der Waals surface area (Å²) in [6.45, 7) is 1.61. The number of piperidine rings is 1. The average molecular weight is 365 g/mol. The standard InChI is InChI=1S/C20H22F3NO2/c21-20(22,23)17-8-6-16(7-9-17)19(26)10-12-24(13-11-19)14-18(25)15-4-2-1-3-5-15/h1-9,18,25-26H,10-14H2/t18-/m0/s1. The van der Waals surface area contributed by atoms with Gasteiger partial charge in [0.05, 0.1) is 17.3 Å². The second-order valence-electron chi connectivity index (χ2n) is 6.83. The number of β-amino-alcohol motifs (C(OH)–C–C–N with tert-alkyl or cyclic N) is 1. The van der Waals surface area contributed by atoms with Crippen molar-refractivity contribution >= 4 is 0 Å². The zero-order valence-corrected chi connectivity index (χ0v) is 14.3.